The molecular weight excluding hydrogens is 232 g/mol. The van der Waals surface area contributed by atoms with E-state index in [0.717, 1.165) is 22.2 Å². The molecule has 0 aliphatic heterocycles. The number of fused-ring (bicyclic) bond motifs is 1. The van der Waals surface area contributed by atoms with Crippen molar-refractivity contribution in [3.05, 3.63) is 77.5 Å². The molecule has 1 atom stereocenters. The number of aryl methyl sites for hydroxylation is 1. The van der Waals surface area contributed by atoms with E-state index in [1.165, 1.54) is 5.56 Å². The van der Waals surface area contributed by atoms with Gasteiger partial charge in [-0.2, -0.15) is 0 Å². The molecule has 0 saturated heterocycles. The topological polar surface area (TPSA) is 38.9 Å². The van der Waals surface area contributed by atoms with Gasteiger partial charge in [0.2, 0.25) is 0 Å². The normalized spacial score (nSPS) is 12.5. The van der Waals surface area contributed by atoms with Gasteiger partial charge in [-0.15, -0.1) is 0 Å². The maximum absolute atomic E-state index is 6.35. The summed E-state index contributed by atoms with van der Waals surface area (Å²) in [4.78, 5) is 4.67. The Bertz CT molecular complexity index is 719. The lowest BCUT2D eigenvalue weighted by atomic mass is 9.99. The van der Waals surface area contributed by atoms with Crippen molar-refractivity contribution < 1.29 is 0 Å². The molecule has 0 fully saturated rings. The molecule has 3 aromatic rings. The molecule has 0 amide bonds. The standard InChI is InChI=1S/C17H16N2/c1-12-6-2-4-8-14(12)17(18)16-11-10-13-7-3-5-9-15(13)19-16/h2-11,17H,18H2,1H3. The van der Waals surface area contributed by atoms with Crippen molar-refractivity contribution in [1.82, 2.24) is 4.98 Å². The summed E-state index contributed by atoms with van der Waals surface area (Å²) >= 11 is 0. The van der Waals surface area contributed by atoms with Crippen LogP contribution in [-0.4, -0.2) is 4.98 Å². The fourth-order valence-corrected chi connectivity index (χ4v) is 2.35. The summed E-state index contributed by atoms with van der Waals surface area (Å²) < 4.78 is 0. The number of rotatable bonds is 2. The van der Waals surface area contributed by atoms with E-state index in [-0.39, 0.29) is 6.04 Å². The van der Waals surface area contributed by atoms with Gasteiger partial charge in [-0.05, 0) is 30.2 Å². The number of benzene rings is 2. The fraction of sp³-hybridized carbons (Fsp3) is 0.118. The maximum atomic E-state index is 6.35. The van der Waals surface area contributed by atoms with Gasteiger partial charge < -0.3 is 5.73 Å². The second-order valence-electron chi connectivity index (χ2n) is 4.76. The maximum Gasteiger partial charge on any atom is 0.0729 e. The molecule has 2 N–H and O–H groups in total. The molecule has 0 spiro atoms. The van der Waals surface area contributed by atoms with Crippen molar-refractivity contribution in [2.45, 2.75) is 13.0 Å². The van der Waals surface area contributed by atoms with Crippen LogP contribution in [0.1, 0.15) is 22.9 Å². The van der Waals surface area contributed by atoms with E-state index in [0.29, 0.717) is 0 Å². The molecule has 0 saturated carbocycles. The number of aromatic nitrogens is 1. The van der Waals surface area contributed by atoms with Crippen molar-refractivity contribution in [2.24, 2.45) is 5.73 Å². The molecule has 2 nitrogen and oxygen atoms in total. The third-order valence-corrected chi connectivity index (χ3v) is 3.46. The average molecular weight is 248 g/mol. The van der Waals surface area contributed by atoms with E-state index < -0.39 is 0 Å². The minimum absolute atomic E-state index is 0.175. The minimum atomic E-state index is -0.175. The Morgan fingerprint density at radius 2 is 1.63 bits per heavy atom. The van der Waals surface area contributed by atoms with Crippen LogP contribution >= 0.6 is 0 Å². The lowest BCUT2D eigenvalue weighted by molar-refractivity contribution is 0.828. The molecule has 1 heterocycles. The SMILES string of the molecule is Cc1ccccc1C(N)c1ccc2ccccc2n1. The van der Waals surface area contributed by atoms with Crippen molar-refractivity contribution in [3.63, 3.8) is 0 Å². The van der Waals surface area contributed by atoms with Gasteiger partial charge in [-0.25, -0.2) is 0 Å². The van der Waals surface area contributed by atoms with Crippen molar-refractivity contribution in [2.75, 3.05) is 0 Å². The van der Waals surface area contributed by atoms with Crippen LogP contribution in [0.4, 0.5) is 0 Å². The van der Waals surface area contributed by atoms with Gasteiger partial charge in [0, 0.05) is 5.39 Å². The molecule has 3 rings (SSSR count). The first-order valence-corrected chi connectivity index (χ1v) is 6.42. The first kappa shape index (κ1) is 11.9. The molecule has 2 heteroatoms. The van der Waals surface area contributed by atoms with Crippen molar-refractivity contribution in [1.29, 1.82) is 0 Å². The van der Waals surface area contributed by atoms with Crippen LogP contribution in [-0.2, 0) is 0 Å². The van der Waals surface area contributed by atoms with Crippen LogP contribution < -0.4 is 5.73 Å². The number of para-hydroxylation sites is 1. The molecule has 1 aromatic heterocycles. The van der Waals surface area contributed by atoms with Crippen molar-refractivity contribution in [3.8, 4) is 0 Å². The van der Waals surface area contributed by atoms with Gasteiger partial charge in [0.25, 0.3) is 0 Å². The van der Waals surface area contributed by atoms with Crippen LogP contribution in [0.25, 0.3) is 10.9 Å². The fourth-order valence-electron chi connectivity index (χ4n) is 2.35. The first-order valence-electron chi connectivity index (χ1n) is 6.42. The van der Waals surface area contributed by atoms with Crippen LogP contribution in [0.15, 0.2) is 60.7 Å². The Kier molecular flexibility index (Phi) is 3.02. The quantitative estimate of drug-likeness (QED) is 0.752. The molecule has 2 aromatic carbocycles. The van der Waals surface area contributed by atoms with Gasteiger partial charge in [-0.3, -0.25) is 4.98 Å². The molecule has 1 unspecified atom stereocenters. The largest absolute Gasteiger partial charge is 0.319 e. The van der Waals surface area contributed by atoms with E-state index >= 15 is 0 Å². The summed E-state index contributed by atoms with van der Waals surface area (Å²) in [5, 5.41) is 1.14. The van der Waals surface area contributed by atoms with Gasteiger partial charge in [0.1, 0.15) is 0 Å². The highest BCUT2D eigenvalue weighted by molar-refractivity contribution is 5.78. The summed E-state index contributed by atoms with van der Waals surface area (Å²) in [6, 6.07) is 20.2. The predicted molar refractivity (Wildman–Crippen MR) is 79.0 cm³/mol. The second-order valence-corrected chi connectivity index (χ2v) is 4.76. The van der Waals surface area contributed by atoms with E-state index in [1.807, 2.05) is 36.4 Å². The number of pyridine rings is 1. The third-order valence-electron chi connectivity index (χ3n) is 3.46. The van der Waals surface area contributed by atoms with Gasteiger partial charge in [0.15, 0.2) is 0 Å². The van der Waals surface area contributed by atoms with E-state index in [9.17, 15) is 0 Å². The van der Waals surface area contributed by atoms with Crippen molar-refractivity contribution >= 4 is 10.9 Å². The molecular formula is C17H16N2. The van der Waals surface area contributed by atoms with Crippen LogP contribution in [0.2, 0.25) is 0 Å². The average Bonchev–Trinajstić information content (AvgIpc) is 2.46. The van der Waals surface area contributed by atoms with Gasteiger partial charge in [0.05, 0.1) is 17.3 Å². The third kappa shape index (κ3) is 2.23. The van der Waals surface area contributed by atoms with E-state index in [1.54, 1.807) is 0 Å². The summed E-state index contributed by atoms with van der Waals surface area (Å²) in [7, 11) is 0. The zero-order valence-corrected chi connectivity index (χ0v) is 10.9. The smallest absolute Gasteiger partial charge is 0.0729 e. The van der Waals surface area contributed by atoms with Gasteiger partial charge >= 0.3 is 0 Å². The summed E-state index contributed by atoms with van der Waals surface area (Å²) in [6.45, 7) is 2.08. The number of nitrogens with zero attached hydrogens (tertiary/aromatic N) is 1. The van der Waals surface area contributed by atoms with Crippen LogP contribution in [0.5, 0.6) is 0 Å². The Balaban J connectivity index is 2.07. The Morgan fingerprint density at radius 3 is 2.47 bits per heavy atom. The monoisotopic (exact) mass is 248 g/mol. The molecule has 0 bridgehead atoms. The first-order chi connectivity index (χ1) is 9.25. The highest BCUT2D eigenvalue weighted by atomic mass is 14.8. The summed E-state index contributed by atoms with van der Waals surface area (Å²) in [5.41, 5.74) is 10.6. The molecule has 0 aliphatic rings. The highest BCUT2D eigenvalue weighted by Crippen LogP contribution is 2.23. The highest BCUT2D eigenvalue weighted by Gasteiger charge is 2.12. The number of hydrogen-bond donors (Lipinski definition) is 1. The Labute approximate surface area is 112 Å². The summed E-state index contributed by atoms with van der Waals surface area (Å²) in [6.07, 6.45) is 0. The predicted octanol–water partition coefficient (Wildman–Crippen LogP) is 3.59. The Hall–Kier alpha value is -2.19. The molecule has 0 aliphatic carbocycles. The number of nitrogens with two attached hydrogens (primary N) is 1. The van der Waals surface area contributed by atoms with Crippen LogP contribution in [0.3, 0.4) is 0 Å². The Morgan fingerprint density at radius 1 is 0.895 bits per heavy atom. The van der Waals surface area contributed by atoms with Crippen LogP contribution in [0, 0.1) is 6.92 Å². The zero-order chi connectivity index (χ0) is 13.2. The molecule has 19 heavy (non-hydrogen) atoms. The minimum Gasteiger partial charge on any atom is -0.319 e. The second kappa shape index (κ2) is 4.82. The summed E-state index contributed by atoms with van der Waals surface area (Å²) in [5.74, 6) is 0. The lowest BCUT2D eigenvalue weighted by Gasteiger charge is -2.14. The van der Waals surface area contributed by atoms with Gasteiger partial charge in [-0.1, -0.05) is 48.5 Å². The zero-order valence-electron chi connectivity index (χ0n) is 10.9. The molecule has 94 valence electrons. The lowest BCUT2D eigenvalue weighted by Crippen LogP contribution is -2.14. The molecule has 0 radical (unpaired) electrons. The van der Waals surface area contributed by atoms with E-state index in [2.05, 4.69) is 36.2 Å². The number of hydrogen-bond acceptors (Lipinski definition) is 2. The van der Waals surface area contributed by atoms with E-state index in [4.69, 9.17) is 5.73 Å².